The van der Waals surface area contributed by atoms with Crippen LogP contribution in [0.3, 0.4) is 0 Å². The van der Waals surface area contributed by atoms with Gasteiger partial charge in [-0.2, -0.15) is 13.2 Å². The van der Waals surface area contributed by atoms with E-state index in [9.17, 15) is 18.0 Å². The summed E-state index contributed by atoms with van der Waals surface area (Å²) in [6.45, 7) is 20.8. The summed E-state index contributed by atoms with van der Waals surface area (Å²) in [6.07, 6.45) is -0.689. The molecule has 1 fully saturated rings. The molecule has 3 heterocycles. The summed E-state index contributed by atoms with van der Waals surface area (Å²) in [7, 11) is 0.772. The molecule has 2 aromatic heterocycles. The first-order chi connectivity index (χ1) is 24.5. The van der Waals surface area contributed by atoms with Gasteiger partial charge in [0.05, 0.1) is 17.4 Å². The van der Waals surface area contributed by atoms with Crippen LogP contribution in [-0.2, 0) is 24.2 Å². The van der Waals surface area contributed by atoms with Crippen molar-refractivity contribution in [3.63, 3.8) is 0 Å². The minimum atomic E-state index is -4.58. The van der Waals surface area contributed by atoms with Gasteiger partial charge in [-0.25, -0.2) is 4.98 Å². The number of ether oxygens (including phenoxy) is 1. The Labute approximate surface area is 311 Å². The Morgan fingerprint density at radius 3 is 2.40 bits per heavy atom. The van der Waals surface area contributed by atoms with Crippen LogP contribution < -0.4 is 10.2 Å². The average molecular weight is 755 g/mol. The summed E-state index contributed by atoms with van der Waals surface area (Å²) < 4.78 is 50.9. The molecule has 0 aliphatic carbocycles. The van der Waals surface area contributed by atoms with Crippen molar-refractivity contribution in [3.8, 4) is 0 Å². The van der Waals surface area contributed by atoms with Crippen molar-refractivity contribution < 1.29 is 22.7 Å². The molecule has 0 bridgehead atoms. The number of aryl methyl sites for hydroxylation is 1. The number of carbonyl (C=O) groups is 1. The number of piperazine rings is 1. The molecule has 52 heavy (non-hydrogen) atoms. The zero-order valence-corrected chi connectivity index (χ0v) is 33.5. The summed E-state index contributed by atoms with van der Waals surface area (Å²) in [5.74, 6) is -0.599. The quantitative estimate of drug-likeness (QED) is 0.0782. The second-order valence-corrected chi connectivity index (χ2v) is 22.3. The highest BCUT2D eigenvalue weighted by atomic mass is 32.2. The van der Waals surface area contributed by atoms with Crippen LogP contribution in [0.5, 0.6) is 0 Å². The van der Waals surface area contributed by atoms with Gasteiger partial charge in [0, 0.05) is 93.1 Å². The van der Waals surface area contributed by atoms with Crippen molar-refractivity contribution in [2.75, 3.05) is 56.6 Å². The molecule has 1 amide bonds. The van der Waals surface area contributed by atoms with E-state index in [1.807, 2.05) is 48.0 Å². The lowest BCUT2D eigenvalue weighted by atomic mass is 10.0. The van der Waals surface area contributed by atoms with Crippen LogP contribution in [0.4, 0.5) is 30.2 Å². The zero-order valence-electron chi connectivity index (χ0n) is 31.7. The predicted octanol–water partition coefficient (Wildman–Crippen LogP) is 9.33. The Bertz CT molecular complexity index is 1850. The van der Waals surface area contributed by atoms with Crippen molar-refractivity contribution in [1.82, 2.24) is 19.4 Å². The summed E-state index contributed by atoms with van der Waals surface area (Å²) >= 11 is 1.76. The smallest absolute Gasteiger partial charge is 0.361 e. The Morgan fingerprint density at radius 2 is 1.75 bits per heavy atom. The van der Waals surface area contributed by atoms with E-state index < -0.39 is 25.7 Å². The van der Waals surface area contributed by atoms with E-state index in [1.54, 1.807) is 17.8 Å². The van der Waals surface area contributed by atoms with Crippen molar-refractivity contribution >= 4 is 53.8 Å². The maximum absolute atomic E-state index is 14.3. The van der Waals surface area contributed by atoms with Gasteiger partial charge in [0.25, 0.3) is 5.91 Å². The van der Waals surface area contributed by atoms with Crippen LogP contribution in [0, 0.1) is 6.92 Å². The monoisotopic (exact) mass is 754 g/mol. The van der Waals surface area contributed by atoms with Gasteiger partial charge in [-0.1, -0.05) is 52.5 Å². The lowest BCUT2D eigenvalue weighted by molar-refractivity contribution is -0.138. The third-order valence-electron chi connectivity index (χ3n) is 9.47. The molecule has 1 aliphatic rings. The lowest BCUT2D eigenvalue weighted by Gasteiger charge is -2.34. The third-order valence-corrected chi connectivity index (χ3v) is 12.3. The minimum Gasteiger partial charge on any atom is -0.361 e. The zero-order chi connectivity index (χ0) is 37.8. The first-order valence-electron chi connectivity index (χ1n) is 18.1. The molecule has 8 nitrogen and oxygen atoms in total. The van der Waals surface area contributed by atoms with Gasteiger partial charge in [0.1, 0.15) is 12.4 Å². The van der Waals surface area contributed by atoms with Gasteiger partial charge in [0.2, 0.25) is 0 Å². The Morgan fingerprint density at radius 1 is 1.04 bits per heavy atom. The van der Waals surface area contributed by atoms with E-state index in [0.29, 0.717) is 30.8 Å². The fourth-order valence-electron chi connectivity index (χ4n) is 6.35. The number of pyridine rings is 1. The predicted molar refractivity (Wildman–Crippen MR) is 211 cm³/mol. The molecule has 1 N–H and O–H groups in total. The number of thioether (sulfide) groups is 1. The lowest BCUT2D eigenvalue weighted by Crippen LogP contribution is -2.45. The minimum absolute atomic E-state index is 0.0402. The first-order valence-corrected chi connectivity index (χ1v) is 22.7. The largest absolute Gasteiger partial charge is 0.416 e. The maximum Gasteiger partial charge on any atom is 0.416 e. The molecule has 0 unspecified atom stereocenters. The molecule has 5 rings (SSSR count). The number of hydrogen-bond acceptors (Lipinski definition) is 7. The number of nitrogens with one attached hydrogen (secondary N) is 1. The molecular weight excluding hydrogens is 702 g/mol. The van der Waals surface area contributed by atoms with Gasteiger partial charge >= 0.3 is 6.18 Å². The molecule has 282 valence electrons. The third kappa shape index (κ3) is 9.98. The van der Waals surface area contributed by atoms with Crippen LogP contribution in [-0.4, -0.2) is 85.0 Å². The normalized spacial score (nSPS) is 14.8. The van der Waals surface area contributed by atoms with Gasteiger partial charge < -0.3 is 24.4 Å². The summed E-state index contributed by atoms with van der Waals surface area (Å²) in [5, 5.41) is 4.19. The van der Waals surface area contributed by atoms with Crippen LogP contribution in [0.1, 0.15) is 47.8 Å². The first kappa shape index (κ1) is 39.8. The second-order valence-electron chi connectivity index (χ2n) is 15.1. The fraction of sp³-hybridized carbons (Fsp3) is 0.487. The number of anilines is 3. The number of aromatic nitrogens is 2. The molecule has 0 radical (unpaired) electrons. The molecule has 2 aromatic carbocycles. The average Bonchev–Trinajstić information content (AvgIpc) is 3.50. The number of likely N-dealkylation sites (N-methyl/N-ethyl adjacent to an activating group) is 1. The highest BCUT2D eigenvalue weighted by Crippen LogP contribution is 2.41. The van der Waals surface area contributed by atoms with E-state index in [-0.39, 0.29) is 17.7 Å². The topological polar surface area (TPSA) is 65.9 Å². The van der Waals surface area contributed by atoms with Gasteiger partial charge in [-0.3, -0.25) is 9.69 Å². The van der Waals surface area contributed by atoms with E-state index >= 15 is 0 Å². The van der Waals surface area contributed by atoms with Crippen LogP contribution in [0.25, 0.3) is 11.0 Å². The molecule has 0 spiro atoms. The number of fused-ring (bicyclic) bond motifs is 1. The van der Waals surface area contributed by atoms with E-state index in [2.05, 4.69) is 61.6 Å². The molecule has 1 saturated heterocycles. The van der Waals surface area contributed by atoms with Crippen molar-refractivity contribution in [3.05, 3.63) is 77.1 Å². The number of hydrogen-bond donors (Lipinski definition) is 1. The second kappa shape index (κ2) is 16.8. The van der Waals surface area contributed by atoms with Crippen molar-refractivity contribution in [2.45, 2.75) is 83.0 Å². The van der Waals surface area contributed by atoms with E-state index in [4.69, 9.17) is 9.72 Å². The maximum atomic E-state index is 14.3. The van der Waals surface area contributed by atoms with E-state index in [0.717, 1.165) is 71.2 Å². The summed E-state index contributed by atoms with van der Waals surface area (Å²) in [5.41, 5.74) is 3.43. The number of nitrogens with zero attached hydrogens (tertiary/aromatic N) is 5. The highest BCUT2D eigenvalue weighted by molar-refractivity contribution is 8.00. The number of alkyl halides is 3. The summed E-state index contributed by atoms with van der Waals surface area (Å²) in [6, 6.07) is 12.6. The van der Waals surface area contributed by atoms with Crippen molar-refractivity contribution in [2.24, 2.45) is 0 Å². The molecule has 0 atom stereocenters. The molecular formula is C39H53F3N6O2SSi. The number of carbonyl (C=O) groups excluding carboxylic acids is 1. The SMILES string of the molecule is CCN1CCN(Cc2ccc(C(=O)Nc3ccc(C)c(N(C)c4cnc5c(ccn5COCC[Si](C)(C)C)c4SC(C)C)c3)cc2C(F)(F)F)CC1. The standard InChI is InChI=1S/C39H53F3N6O2SSi/c1-9-46-16-18-47(19-17-46)25-30-12-11-29(22-33(30)39(40,41)42)38(49)44-31-13-10-28(4)34(23-31)45(5)35-24-43-37-32(36(35)51-27(2)3)14-15-48(37)26-50-20-21-52(6,7)8/h10-15,22-24,27H,9,16-21,25-26H2,1-8H3,(H,44,49). The number of rotatable bonds is 14. The van der Waals surface area contributed by atoms with Crippen LogP contribution in [0.2, 0.25) is 25.7 Å². The molecule has 4 aromatic rings. The Balaban J connectivity index is 1.36. The number of benzene rings is 2. The number of amides is 1. The fourth-order valence-corrected chi connectivity index (χ4v) is 8.18. The van der Waals surface area contributed by atoms with Crippen molar-refractivity contribution in [1.29, 1.82) is 0 Å². The molecule has 1 aliphatic heterocycles. The Hall–Kier alpha value is -3.36. The van der Waals surface area contributed by atoms with Gasteiger partial charge in [0.15, 0.2) is 0 Å². The number of halogens is 3. The van der Waals surface area contributed by atoms with E-state index in [1.165, 1.54) is 12.1 Å². The van der Waals surface area contributed by atoms with Gasteiger partial charge in [-0.05, 0) is 61.0 Å². The van der Waals surface area contributed by atoms with Gasteiger partial charge in [-0.15, -0.1) is 11.8 Å². The summed E-state index contributed by atoms with van der Waals surface area (Å²) in [4.78, 5) is 25.8. The Kier molecular flexibility index (Phi) is 12.8. The van der Waals surface area contributed by atoms with Crippen LogP contribution >= 0.6 is 11.8 Å². The van der Waals surface area contributed by atoms with Crippen LogP contribution in [0.15, 0.2) is 59.8 Å². The molecule has 0 saturated carbocycles. The molecule has 13 heteroatoms. The highest BCUT2D eigenvalue weighted by Gasteiger charge is 2.35.